The molecule has 0 aliphatic heterocycles. The van der Waals surface area contributed by atoms with Crippen LogP contribution >= 0.6 is 0 Å². The van der Waals surface area contributed by atoms with Gasteiger partial charge in [-0.3, -0.25) is 0 Å². The molecule has 0 bridgehead atoms. The molecule has 0 unspecified atom stereocenters. The van der Waals surface area contributed by atoms with Crippen molar-refractivity contribution in [2.45, 2.75) is 20.8 Å². The van der Waals surface area contributed by atoms with Gasteiger partial charge < -0.3 is 19.3 Å². The van der Waals surface area contributed by atoms with Crippen molar-refractivity contribution in [2.75, 3.05) is 5.32 Å². The molecule has 4 aromatic rings. The number of aryl methyl sites for hydroxylation is 3. The average molecular weight is 309 g/mol. The molecule has 2 N–H and O–H groups in total. The van der Waals surface area contributed by atoms with Crippen LogP contribution in [0.4, 0.5) is 11.5 Å². The number of nitrogens with one attached hydrogen (secondary N) is 2. The first-order valence-electron chi connectivity index (χ1n) is 7.22. The molecule has 116 valence electrons. The zero-order valence-electron chi connectivity index (χ0n) is 13.0. The Morgan fingerprint density at radius 3 is 2.70 bits per heavy atom. The highest BCUT2D eigenvalue weighted by atomic mass is 16.5. The number of benzene rings is 1. The van der Waals surface area contributed by atoms with E-state index in [9.17, 15) is 0 Å². The van der Waals surface area contributed by atoms with E-state index < -0.39 is 0 Å². The third-order valence-corrected chi connectivity index (χ3v) is 3.85. The van der Waals surface area contributed by atoms with Crippen molar-refractivity contribution >= 4 is 22.5 Å². The minimum atomic E-state index is 0.671. The van der Waals surface area contributed by atoms with E-state index in [1.54, 1.807) is 12.6 Å². The van der Waals surface area contributed by atoms with Gasteiger partial charge in [0.1, 0.15) is 17.5 Å². The molecule has 7 nitrogen and oxygen atoms in total. The Labute approximate surface area is 131 Å². The smallest absolute Gasteiger partial charge is 0.176 e. The molecule has 0 amide bonds. The van der Waals surface area contributed by atoms with Crippen molar-refractivity contribution in [2.24, 2.45) is 0 Å². The van der Waals surface area contributed by atoms with Gasteiger partial charge in [-0.25, -0.2) is 4.98 Å². The third-order valence-electron chi connectivity index (χ3n) is 3.85. The molecule has 0 radical (unpaired) electrons. The van der Waals surface area contributed by atoms with Crippen LogP contribution in [0.25, 0.3) is 22.2 Å². The van der Waals surface area contributed by atoms with Crippen molar-refractivity contribution in [1.82, 2.24) is 20.3 Å². The number of hydrogen-bond donors (Lipinski definition) is 2. The lowest BCUT2D eigenvalue weighted by atomic mass is 10.0. The molecule has 0 spiro atoms. The summed E-state index contributed by atoms with van der Waals surface area (Å²) in [6.07, 6.45) is 3.27. The molecule has 4 rings (SSSR count). The Kier molecular flexibility index (Phi) is 2.94. The van der Waals surface area contributed by atoms with Gasteiger partial charge in [0.05, 0.1) is 23.2 Å². The zero-order chi connectivity index (χ0) is 16.0. The number of fused-ring (bicyclic) bond motifs is 1. The van der Waals surface area contributed by atoms with E-state index in [1.807, 2.05) is 32.9 Å². The first kappa shape index (κ1) is 13.6. The maximum absolute atomic E-state index is 5.28. The molecule has 1 aromatic carbocycles. The predicted octanol–water partition coefficient (Wildman–Crippen LogP) is 3.87. The van der Waals surface area contributed by atoms with Gasteiger partial charge in [-0.2, -0.15) is 0 Å². The van der Waals surface area contributed by atoms with Gasteiger partial charge in [0.25, 0.3) is 0 Å². The molecule has 3 aromatic heterocycles. The fourth-order valence-electron chi connectivity index (χ4n) is 2.72. The van der Waals surface area contributed by atoms with Crippen LogP contribution in [0.2, 0.25) is 0 Å². The number of anilines is 2. The Morgan fingerprint density at radius 2 is 2.00 bits per heavy atom. The van der Waals surface area contributed by atoms with Crippen LogP contribution in [-0.2, 0) is 0 Å². The quantitative estimate of drug-likeness (QED) is 0.596. The standard InChI is InChI=1S/C16H15N5O2/c1-8-6-22-21-16(8)19-13-5-11(4-12-15(13)18-7-17-12)14-9(2)20-23-10(14)3/h4-7H,1-3H3,(H,17,18)(H,19,21). The number of aromatic nitrogens is 4. The second-order valence-corrected chi connectivity index (χ2v) is 5.49. The second kappa shape index (κ2) is 4.98. The van der Waals surface area contributed by atoms with E-state index in [4.69, 9.17) is 9.05 Å². The van der Waals surface area contributed by atoms with Gasteiger partial charge in [0.2, 0.25) is 0 Å². The Hall–Kier alpha value is -3.09. The molecular formula is C16H15N5O2. The molecule has 0 aliphatic carbocycles. The molecule has 0 saturated carbocycles. The number of rotatable bonds is 3. The summed E-state index contributed by atoms with van der Waals surface area (Å²) < 4.78 is 10.3. The Balaban J connectivity index is 1.90. The summed E-state index contributed by atoms with van der Waals surface area (Å²) in [6.45, 7) is 5.76. The highest BCUT2D eigenvalue weighted by molar-refractivity contribution is 5.94. The predicted molar refractivity (Wildman–Crippen MR) is 85.6 cm³/mol. The van der Waals surface area contributed by atoms with Gasteiger partial charge in [0, 0.05) is 11.1 Å². The number of imidazole rings is 1. The summed E-state index contributed by atoms with van der Waals surface area (Å²) in [5, 5.41) is 11.3. The van der Waals surface area contributed by atoms with Crippen LogP contribution < -0.4 is 5.32 Å². The first-order valence-corrected chi connectivity index (χ1v) is 7.22. The van der Waals surface area contributed by atoms with Crippen molar-refractivity contribution in [1.29, 1.82) is 0 Å². The monoisotopic (exact) mass is 309 g/mol. The van der Waals surface area contributed by atoms with Gasteiger partial charge in [0.15, 0.2) is 5.82 Å². The topological polar surface area (TPSA) is 92.8 Å². The first-order chi connectivity index (χ1) is 11.1. The maximum atomic E-state index is 5.28. The van der Waals surface area contributed by atoms with Crippen LogP contribution in [0.1, 0.15) is 17.0 Å². The second-order valence-electron chi connectivity index (χ2n) is 5.49. The third kappa shape index (κ3) is 2.17. The fraction of sp³-hybridized carbons (Fsp3) is 0.188. The summed E-state index contributed by atoms with van der Waals surface area (Å²) in [5.74, 6) is 1.45. The van der Waals surface area contributed by atoms with E-state index in [2.05, 4.69) is 25.6 Å². The minimum absolute atomic E-state index is 0.671. The van der Waals surface area contributed by atoms with Crippen molar-refractivity contribution < 1.29 is 9.05 Å². The van der Waals surface area contributed by atoms with Crippen LogP contribution in [0.5, 0.6) is 0 Å². The lowest BCUT2D eigenvalue weighted by molar-refractivity contribution is 0.393. The zero-order valence-corrected chi connectivity index (χ0v) is 13.0. The number of H-pyrrole nitrogens is 1. The van der Waals surface area contributed by atoms with Crippen LogP contribution in [0.15, 0.2) is 33.8 Å². The molecule has 7 heteroatoms. The van der Waals surface area contributed by atoms with Crippen molar-refractivity contribution in [3.05, 3.63) is 41.7 Å². The maximum Gasteiger partial charge on any atom is 0.176 e. The van der Waals surface area contributed by atoms with E-state index >= 15 is 0 Å². The number of aromatic amines is 1. The lowest BCUT2D eigenvalue weighted by Crippen LogP contribution is -1.95. The van der Waals surface area contributed by atoms with E-state index in [-0.39, 0.29) is 0 Å². The summed E-state index contributed by atoms with van der Waals surface area (Å²) >= 11 is 0. The van der Waals surface area contributed by atoms with Gasteiger partial charge in [-0.05, 0) is 38.5 Å². The minimum Gasteiger partial charge on any atom is -0.362 e. The van der Waals surface area contributed by atoms with Gasteiger partial charge in [-0.1, -0.05) is 10.3 Å². The summed E-state index contributed by atoms with van der Waals surface area (Å²) in [7, 11) is 0. The summed E-state index contributed by atoms with van der Waals surface area (Å²) in [5.41, 5.74) is 6.37. The lowest BCUT2D eigenvalue weighted by Gasteiger charge is -2.08. The van der Waals surface area contributed by atoms with E-state index in [1.165, 1.54) is 0 Å². The van der Waals surface area contributed by atoms with Gasteiger partial charge in [-0.15, -0.1) is 0 Å². The van der Waals surface area contributed by atoms with Crippen molar-refractivity contribution in [3.8, 4) is 11.1 Å². The van der Waals surface area contributed by atoms with Crippen LogP contribution in [0.3, 0.4) is 0 Å². The normalized spacial score (nSPS) is 11.3. The highest BCUT2D eigenvalue weighted by Gasteiger charge is 2.16. The van der Waals surface area contributed by atoms with Crippen molar-refractivity contribution in [3.63, 3.8) is 0 Å². The van der Waals surface area contributed by atoms with Crippen LogP contribution in [-0.4, -0.2) is 20.3 Å². The SMILES string of the molecule is Cc1conc1Nc1cc(-c2c(C)noc2C)cc2[nH]cnc12. The molecular weight excluding hydrogens is 294 g/mol. The largest absolute Gasteiger partial charge is 0.362 e. The molecule has 0 atom stereocenters. The van der Waals surface area contributed by atoms with E-state index in [0.717, 1.165) is 44.9 Å². The molecule has 0 fully saturated rings. The van der Waals surface area contributed by atoms with Crippen LogP contribution in [0, 0.1) is 20.8 Å². The fourth-order valence-corrected chi connectivity index (χ4v) is 2.72. The highest BCUT2D eigenvalue weighted by Crippen LogP contribution is 2.34. The molecule has 0 aliphatic rings. The number of hydrogen-bond acceptors (Lipinski definition) is 6. The Bertz CT molecular complexity index is 976. The number of nitrogens with zero attached hydrogens (tertiary/aromatic N) is 3. The Morgan fingerprint density at radius 1 is 1.13 bits per heavy atom. The summed E-state index contributed by atoms with van der Waals surface area (Å²) in [6, 6.07) is 4.06. The van der Waals surface area contributed by atoms with E-state index in [0.29, 0.717) is 5.82 Å². The molecule has 23 heavy (non-hydrogen) atoms. The molecule has 0 saturated heterocycles. The van der Waals surface area contributed by atoms with Gasteiger partial charge >= 0.3 is 0 Å². The average Bonchev–Trinajstić information content (AvgIpc) is 3.21. The summed E-state index contributed by atoms with van der Waals surface area (Å²) in [4.78, 5) is 7.53. The molecule has 3 heterocycles.